The summed E-state index contributed by atoms with van der Waals surface area (Å²) in [7, 11) is 3.99. The second-order valence-corrected chi connectivity index (χ2v) is 5.33. The molecule has 1 aromatic rings. The molecule has 1 N–H and O–H groups in total. The lowest BCUT2D eigenvalue weighted by Gasteiger charge is -2.16. The zero-order valence-electron chi connectivity index (χ0n) is 12.5. The van der Waals surface area contributed by atoms with Gasteiger partial charge in [-0.3, -0.25) is 9.59 Å². The zero-order chi connectivity index (χ0) is 15.4. The van der Waals surface area contributed by atoms with Crippen LogP contribution in [-0.2, 0) is 9.59 Å². The maximum Gasteiger partial charge on any atom is 0.227 e. The molecule has 1 aliphatic carbocycles. The maximum absolute atomic E-state index is 11.5. The third kappa shape index (κ3) is 3.97. The van der Waals surface area contributed by atoms with Gasteiger partial charge in [0.15, 0.2) is 14.6 Å². The molecule has 2 rings (SSSR count). The van der Waals surface area contributed by atoms with Crippen molar-refractivity contribution in [2.75, 3.05) is 5.32 Å². The van der Waals surface area contributed by atoms with E-state index in [1.807, 2.05) is 38.4 Å². The van der Waals surface area contributed by atoms with Gasteiger partial charge in [0.1, 0.15) is 0 Å². The fraction of sp³-hybridized carbons (Fsp3) is 0.250. The first-order valence-electron chi connectivity index (χ1n) is 7.03. The van der Waals surface area contributed by atoms with Crippen molar-refractivity contribution in [2.24, 2.45) is 0 Å². The van der Waals surface area contributed by atoms with Crippen molar-refractivity contribution in [3.8, 4) is 0 Å². The number of hydrogen-bond acceptors (Lipinski definition) is 3. The van der Waals surface area contributed by atoms with Crippen molar-refractivity contribution in [3.63, 3.8) is 0 Å². The molecule has 5 heteroatoms. The Morgan fingerprint density at radius 2 is 1.62 bits per heavy atom. The average Bonchev–Trinajstić information content (AvgIpc) is 2.44. The molecule has 0 spiro atoms. The molecular formula is C16H17B2NO2. The van der Waals surface area contributed by atoms with E-state index in [2.05, 4.69) is 26.4 Å². The second-order valence-electron chi connectivity index (χ2n) is 5.33. The monoisotopic (exact) mass is 277 g/mol. The summed E-state index contributed by atoms with van der Waals surface area (Å²) >= 11 is 0. The Morgan fingerprint density at radius 3 is 2.19 bits per heavy atom. The molecule has 0 unspecified atom stereocenters. The van der Waals surface area contributed by atoms with E-state index < -0.39 is 11.6 Å². The highest BCUT2D eigenvalue weighted by atomic mass is 16.2. The van der Waals surface area contributed by atoms with Gasteiger partial charge in [-0.25, -0.2) is 0 Å². The lowest BCUT2D eigenvalue weighted by molar-refractivity contribution is -0.131. The lowest BCUT2D eigenvalue weighted by atomic mass is 9.61. The van der Waals surface area contributed by atoms with Crippen molar-refractivity contribution >= 4 is 37.3 Å². The summed E-state index contributed by atoms with van der Waals surface area (Å²) in [6.45, 7) is 6.11. The number of anilines is 1. The predicted octanol–water partition coefficient (Wildman–Crippen LogP) is 1.93. The maximum atomic E-state index is 11.5. The minimum atomic E-state index is -0.493. The van der Waals surface area contributed by atoms with Crippen LogP contribution < -0.4 is 10.8 Å². The molecule has 21 heavy (non-hydrogen) atoms. The summed E-state index contributed by atoms with van der Waals surface area (Å²) < 4.78 is 0. The van der Waals surface area contributed by atoms with Crippen molar-refractivity contribution in [2.45, 2.75) is 26.5 Å². The molecular weight excluding hydrogens is 260 g/mol. The standard InChI is InChI=1S/C16H17B2NO2/c1-10(2)18-11-4-6-12(7-5-11)19-14-9-16(21)15(20)8-13(14)17-3/h4-10,19H,1-3H3. The number of rotatable bonds is 5. The number of carbonyl (C=O) groups excluding carboxylic acids is 2. The third-order valence-corrected chi connectivity index (χ3v) is 3.14. The first-order valence-corrected chi connectivity index (χ1v) is 7.03. The predicted molar refractivity (Wildman–Crippen MR) is 88.3 cm³/mol. The molecule has 0 aromatic heterocycles. The van der Waals surface area contributed by atoms with E-state index in [0.717, 1.165) is 16.6 Å². The van der Waals surface area contributed by atoms with Gasteiger partial charge < -0.3 is 5.32 Å². The van der Waals surface area contributed by atoms with Gasteiger partial charge in [0.25, 0.3) is 0 Å². The fourth-order valence-corrected chi connectivity index (χ4v) is 2.14. The summed E-state index contributed by atoms with van der Waals surface area (Å²) in [6, 6.07) is 7.97. The molecule has 1 aromatic carbocycles. The molecule has 0 saturated heterocycles. The summed E-state index contributed by atoms with van der Waals surface area (Å²) in [6.07, 6.45) is 2.72. The fourth-order valence-electron chi connectivity index (χ4n) is 2.14. The second kappa shape index (κ2) is 6.61. The minimum Gasteiger partial charge on any atom is -0.356 e. The van der Waals surface area contributed by atoms with Crippen LogP contribution in [0.5, 0.6) is 0 Å². The Labute approximate surface area is 127 Å². The van der Waals surface area contributed by atoms with Crippen molar-refractivity contribution in [3.05, 3.63) is 47.6 Å². The van der Waals surface area contributed by atoms with Gasteiger partial charge in [0.2, 0.25) is 11.6 Å². The summed E-state index contributed by atoms with van der Waals surface area (Å²) in [5.74, 6) is -0.471. The zero-order valence-corrected chi connectivity index (χ0v) is 12.5. The van der Waals surface area contributed by atoms with Crippen LogP contribution in [0.4, 0.5) is 5.69 Å². The van der Waals surface area contributed by atoms with E-state index in [9.17, 15) is 9.59 Å². The van der Waals surface area contributed by atoms with Crippen LogP contribution in [0.15, 0.2) is 47.6 Å². The first-order chi connectivity index (χ1) is 9.99. The van der Waals surface area contributed by atoms with Gasteiger partial charge in [-0.2, -0.15) is 0 Å². The minimum absolute atomic E-state index is 0.476. The van der Waals surface area contributed by atoms with Gasteiger partial charge >= 0.3 is 0 Å². The number of hydrogen-bond donors (Lipinski definition) is 1. The smallest absolute Gasteiger partial charge is 0.227 e. The van der Waals surface area contributed by atoms with Crippen molar-refractivity contribution in [1.29, 1.82) is 0 Å². The molecule has 0 bridgehead atoms. The number of ketones is 2. The number of allylic oxidation sites excluding steroid dienone is 3. The van der Waals surface area contributed by atoms with Gasteiger partial charge in [0, 0.05) is 17.5 Å². The summed E-state index contributed by atoms with van der Waals surface area (Å²) in [5.41, 5.74) is 3.44. The highest BCUT2D eigenvalue weighted by Crippen LogP contribution is 2.18. The molecule has 0 saturated carbocycles. The van der Waals surface area contributed by atoms with Gasteiger partial charge in [0.05, 0.1) is 0 Å². The Morgan fingerprint density at radius 1 is 1.00 bits per heavy atom. The molecule has 2 radical (unpaired) electrons. The highest BCUT2D eigenvalue weighted by Gasteiger charge is 2.19. The third-order valence-electron chi connectivity index (χ3n) is 3.14. The van der Waals surface area contributed by atoms with Crippen LogP contribution in [0.3, 0.4) is 0 Å². The SMILES string of the molecule is C[B]C1=CC(=O)C(=O)C=C1Nc1ccc([B]C(C)C)cc1. The Kier molecular flexibility index (Phi) is 4.84. The van der Waals surface area contributed by atoms with Crippen LogP contribution >= 0.6 is 0 Å². The van der Waals surface area contributed by atoms with E-state index >= 15 is 0 Å². The van der Waals surface area contributed by atoms with Gasteiger partial charge in [-0.1, -0.05) is 49.6 Å². The quantitative estimate of drug-likeness (QED) is 0.508. The van der Waals surface area contributed by atoms with Crippen LogP contribution in [0.1, 0.15) is 13.8 Å². The number of carbonyl (C=O) groups is 2. The summed E-state index contributed by atoms with van der Waals surface area (Å²) in [5, 5.41) is 3.19. The molecule has 0 amide bonds. The molecule has 0 aliphatic heterocycles. The van der Waals surface area contributed by atoms with Crippen molar-refractivity contribution in [1.82, 2.24) is 0 Å². The molecule has 3 nitrogen and oxygen atoms in total. The van der Waals surface area contributed by atoms with E-state index in [1.165, 1.54) is 12.2 Å². The molecule has 0 atom stereocenters. The Bertz CT molecular complexity index is 616. The first kappa shape index (κ1) is 15.4. The molecule has 0 heterocycles. The Hall–Kier alpha value is -2.03. The van der Waals surface area contributed by atoms with E-state index in [4.69, 9.17) is 0 Å². The van der Waals surface area contributed by atoms with E-state index in [-0.39, 0.29) is 0 Å². The lowest BCUT2D eigenvalue weighted by Crippen LogP contribution is -2.20. The number of nitrogens with one attached hydrogen (secondary N) is 1. The largest absolute Gasteiger partial charge is 0.356 e. The normalized spacial score (nSPS) is 14.7. The van der Waals surface area contributed by atoms with Crippen LogP contribution in [-0.4, -0.2) is 26.1 Å². The van der Waals surface area contributed by atoms with Crippen LogP contribution in [0, 0.1) is 0 Å². The number of benzene rings is 1. The topological polar surface area (TPSA) is 46.2 Å². The average molecular weight is 277 g/mol. The van der Waals surface area contributed by atoms with Gasteiger partial charge in [-0.15, -0.1) is 0 Å². The molecule has 104 valence electrons. The highest BCUT2D eigenvalue weighted by molar-refractivity contribution is 6.55. The Balaban J connectivity index is 2.14. The summed E-state index contributed by atoms with van der Waals surface area (Å²) in [4.78, 5) is 22.9. The van der Waals surface area contributed by atoms with E-state index in [0.29, 0.717) is 11.5 Å². The van der Waals surface area contributed by atoms with Gasteiger partial charge in [-0.05, 0) is 18.2 Å². The van der Waals surface area contributed by atoms with Crippen LogP contribution in [0.2, 0.25) is 12.6 Å². The van der Waals surface area contributed by atoms with Crippen LogP contribution in [0.25, 0.3) is 0 Å². The molecule has 1 aliphatic rings. The van der Waals surface area contributed by atoms with Crippen molar-refractivity contribution < 1.29 is 9.59 Å². The molecule has 0 fully saturated rings. The van der Waals surface area contributed by atoms with E-state index in [1.54, 1.807) is 0 Å².